The smallest absolute Gasteiger partial charge is 0.241 e. The van der Waals surface area contributed by atoms with Crippen molar-refractivity contribution in [1.29, 1.82) is 0 Å². The van der Waals surface area contributed by atoms with Crippen LogP contribution in [-0.2, 0) is 11.3 Å². The lowest BCUT2D eigenvalue weighted by molar-refractivity contribution is -0.128. The zero-order valence-electron chi connectivity index (χ0n) is 12.6. The second kappa shape index (κ2) is 7.27. The van der Waals surface area contributed by atoms with E-state index in [1.54, 1.807) is 30.1 Å². The highest BCUT2D eigenvalue weighted by Gasteiger charge is 2.10. The predicted molar refractivity (Wildman–Crippen MR) is 87.6 cm³/mol. The van der Waals surface area contributed by atoms with Gasteiger partial charge in [-0.05, 0) is 48.4 Å². The second-order valence-electron chi connectivity index (χ2n) is 5.19. The zero-order valence-corrected chi connectivity index (χ0v) is 13.3. The molecular weight excluding hydrogens is 303 g/mol. The van der Waals surface area contributed by atoms with E-state index >= 15 is 0 Å². The number of nitrogens with one attached hydrogen (secondary N) is 1. The number of halogens is 2. The van der Waals surface area contributed by atoms with Gasteiger partial charge in [-0.3, -0.25) is 4.79 Å². The second-order valence-corrected chi connectivity index (χ2v) is 5.63. The summed E-state index contributed by atoms with van der Waals surface area (Å²) in [6.07, 6.45) is 0. The molecular formula is C17H18ClFN2O. The molecule has 0 bridgehead atoms. The molecule has 2 rings (SSSR count). The van der Waals surface area contributed by atoms with Gasteiger partial charge in [-0.1, -0.05) is 23.7 Å². The third kappa shape index (κ3) is 4.46. The van der Waals surface area contributed by atoms with Crippen molar-refractivity contribution in [2.24, 2.45) is 0 Å². The van der Waals surface area contributed by atoms with Gasteiger partial charge in [-0.25, -0.2) is 4.39 Å². The summed E-state index contributed by atoms with van der Waals surface area (Å²) >= 11 is 5.90. The first-order valence-electron chi connectivity index (χ1n) is 6.94. The van der Waals surface area contributed by atoms with Crippen molar-refractivity contribution in [2.45, 2.75) is 13.5 Å². The van der Waals surface area contributed by atoms with E-state index < -0.39 is 0 Å². The molecule has 0 saturated carbocycles. The average molecular weight is 321 g/mol. The Labute approximate surface area is 134 Å². The molecule has 0 radical (unpaired) electrons. The number of anilines is 1. The van der Waals surface area contributed by atoms with Gasteiger partial charge in [0, 0.05) is 24.3 Å². The Morgan fingerprint density at radius 2 is 1.91 bits per heavy atom. The quantitative estimate of drug-likeness (QED) is 0.907. The lowest BCUT2D eigenvalue weighted by Gasteiger charge is -2.18. The maximum atomic E-state index is 12.9. The monoisotopic (exact) mass is 320 g/mol. The number of carbonyl (C=O) groups excluding carboxylic acids is 1. The molecule has 0 unspecified atom stereocenters. The van der Waals surface area contributed by atoms with Crippen molar-refractivity contribution < 1.29 is 9.18 Å². The van der Waals surface area contributed by atoms with Crippen LogP contribution in [0.25, 0.3) is 0 Å². The number of aryl methyl sites for hydroxylation is 1. The Morgan fingerprint density at radius 1 is 1.23 bits per heavy atom. The van der Waals surface area contributed by atoms with Crippen molar-refractivity contribution in [3.8, 4) is 0 Å². The van der Waals surface area contributed by atoms with Crippen LogP contribution in [0.4, 0.5) is 10.1 Å². The van der Waals surface area contributed by atoms with Crippen molar-refractivity contribution >= 4 is 23.2 Å². The number of likely N-dealkylation sites (N-methyl/N-ethyl adjacent to an activating group) is 1. The Bertz CT molecular complexity index is 658. The van der Waals surface area contributed by atoms with Crippen molar-refractivity contribution in [1.82, 2.24) is 4.90 Å². The summed E-state index contributed by atoms with van der Waals surface area (Å²) < 4.78 is 12.9. The number of nitrogens with zero attached hydrogens (tertiary/aromatic N) is 1. The summed E-state index contributed by atoms with van der Waals surface area (Å²) in [5, 5.41) is 3.78. The zero-order chi connectivity index (χ0) is 16.1. The van der Waals surface area contributed by atoms with Gasteiger partial charge in [-0.2, -0.15) is 0 Å². The van der Waals surface area contributed by atoms with Gasteiger partial charge < -0.3 is 10.2 Å². The van der Waals surface area contributed by atoms with E-state index in [0.29, 0.717) is 11.6 Å². The Hall–Kier alpha value is -2.07. The number of hydrogen-bond acceptors (Lipinski definition) is 2. The topological polar surface area (TPSA) is 32.3 Å². The Kier molecular flexibility index (Phi) is 5.39. The first kappa shape index (κ1) is 16.3. The maximum absolute atomic E-state index is 12.9. The molecule has 2 aromatic rings. The molecule has 1 N–H and O–H groups in total. The highest BCUT2D eigenvalue weighted by Crippen LogP contribution is 2.19. The van der Waals surface area contributed by atoms with Gasteiger partial charge in [0.05, 0.1) is 6.54 Å². The molecule has 0 saturated heterocycles. The van der Waals surface area contributed by atoms with Crippen molar-refractivity contribution in [3.63, 3.8) is 0 Å². The molecule has 0 aromatic heterocycles. The number of carbonyl (C=O) groups is 1. The van der Waals surface area contributed by atoms with Gasteiger partial charge in [0.25, 0.3) is 0 Å². The Balaban J connectivity index is 1.89. The summed E-state index contributed by atoms with van der Waals surface area (Å²) in [6, 6.07) is 11.6. The fourth-order valence-corrected chi connectivity index (χ4v) is 2.31. The van der Waals surface area contributed by atoms with E-state index in [1.165, 1.54) is 12.1 Å². The van der Waals surface area contributed by atoms with E-state index in [2.05, 4.69) is 5.32 Å². The molecule has 116 valence electrons. The number of rotatable bonds is 5. The van der Waals surface area contributed by atoms with E-state index in [9.17, 15) is 9.18 Å². The van der Waals surface area contributed by atoms with Gasteiger partial charge in [-0.15, -0.1) is 0 Å². The van der Waals surface area contributed by atoms with E-state index in [0.717, 1.165) is 16.8 Å². The summed E-state index contributed by atoms with van der Waals surface area (Å²) in [7, 11) is 1.72. The molecule has 0 aliphatic rings. The van der Waals surface area contributed by atoms with Gasteiger partial charge in [0.2, 0.25) is 5.91 Å². The van der Waals surface area contributed by atoms with Crippen molar-refractivity contribution in [3.05, 3.63) is 64.4 Å². The van der Waals surface area contributed by atoms with Gasteiger partial charge in [0.15, 0.2) is 0 Å². The molecule has 3 nitrogen and oxygen atoms in total. The number of hydrogen-bond donors (Lipinski definition) is 1. The Morgan fingerprint density at radius 3 is 2.55 bits per heavy atom. The molecule has 2 aromatic carbocycles. The molecule has 0 atom stereocenters. The lowest BCUT2D eigenvalue weighted by Crippen LogP contribution is -2.31. The summed E-state index contributed by atoms with van der Waals surface area (Å²) in [5.41, 5.74) is 2.76. The van der Waals surface area contributed by atoms with E-state index in [4.69, 9.17) is 11.6 Å². The maximum Gasteiger partial charge on any atom is 0.241 e. The number of benzene rings is 2. The van der Waals surface area contributed by atoms with Crippen LogP contribution in [0, 0.1) is 12.7 Å². The van der Waals surface area contributed by atoms with Crippen LogP contribution in [0.15, 0.2) is 42.5 Å². The first-order valence-corrected chi connectivity index (χ1v) is 7.32. The van der Waals surface area contributed by atoms with E-state index in [1.807, 2.05) is 19.1 Å². The molecule has 0 aliphatic heterocycles. The highest BCUT2D eigenvalue weighted by atomic mass is 35.5. The molecule has 0 heterocycles. The summed E-state index contributed by atoms with van der Waals surface area (Å²) in [6.45, 7) is 2.57. The average Bonchev–Trinajstić information content (AvgIpc) is 2.48. The number of amides is 1. The molecule has 22 heavy (non-hydrogen) atoms. The SMILES string of the molecule is Cc1cc(Cl)ccc1NCC(=O)N(C)Cc1ccc(F)cc1. The third-order valence-electron chi connectivity index (χ3n) is 3.38. The van der Waals surface area contributed by atoms with Crippen LogP contribution in [-0.4, -0.2) is 24.4 Å². The third-order valence-corrected chi connectivity index (χ3v) is 3.61. The van der Waals surface area contributed by atoms with Crippen LogP contribution in [0.1, 0.15) is 11.1 Å². The van der Waals surface area contributed by atoms with E-state index in [-0.39, 0.29) is 18.3 Å². The fourth-order valence-electron chi connectivity index (χ4n) is 2.08. The minimum absolute atomic E-state index is 0.0429. The van der Waals surface area contributed by atoms with Gasteiger partial charge in [0.1, 0.15) is 5.82 Å². The lowest BCUT2D eigenvalue weighted by atomic mass is 10.2. The molecule has 1 amide bonds. The predicted octanol–water partition coefficient (Wildman–Crippen LogP) is 3.86. The largest absolute Gasteiger partial charge is 0.376 e. The molecule has 5 heteroatoms. The summed E-state index contributed by atoms with van der Waals surface area (Å²) in [4.78, 5) is 13.7. The normalized spacial score (nSPS) is 10.4. The standard InChI is InChI=1S/C17H18ClFN2O/c1-12-9-14(18)5-8-16(12)20-10-17(22)21(2)11-13-3-6-15(19)7-4-13/h3-9,20H,10-11H2,1-2H3. The molecule has 0 spiro atoms. The fraction of sp³-hybridized carbons (Fsp3) is 0.235. The van der Waals surface area contributed by atoms with Crippen LogP contribution in [0.3, 0.4) is 0 Å². The summed E-state index contributed by atoms with van der Waals surface area (Å²) in [5.74, 6) is -0.323. The van der Waals surface area contributed by atoms with Crippen molar-refractivity contribution in [2.75, 3.05) is 18.9 Å². The van der Waals surface area contributed by atoms with Crippen LogP contribution >= 0.6 is 11.6 Å². The van der Waals surface area contributed by atoms with Crippen LogP contribution in [0.5, 0.6) is 0 Å². The molecule has 0 aliphatic carbocycles. The highest BCUT2D eigenvalue weighted by molar-refractivity contribution is 6.30. The molecule has 0 fully saturated rings. The first-order chi connectivity index (χ1) is 10.5. The van der Waals surface area contributed by atoms with Crippen LogP contribution in [0.2, 0.25) is 5.02 Å². The van der Waals surface area contributed by atoms with Crippen LogP contribution < -0.4 is 5.32 Å². The minimum Gasteiger partial charge on any atom is -0.376 e. The minimum atomic E-state index is -0.280. The van der Waals surface area contributed by atoms with Gasteiger partial charge >= 0.3 is 0 Å².